The van der Waals surface area contributed by atoms with Crippen molar-refractivity contribution in [1.82, 2.24) is 4.90 Å². The van der Waals surface area contributed by atoms with Gasteiger partial charge < -0.3 is 15.2 Å². The molecule has 0 aromatic carbocycles. The summed E-state index contributed by atoms with van der Waals surface area (Å²) in [6.07, 6.45) is 1.58. The van der Waals surface area contributed by atoms with Crippen molar-refractivity contribution in [3.05, 3.63) is 35.6 Å². The minimum absolute atomic E-state index is 0.0839. The molecule has 9 nitrogen and oxygen atoms in total. The normalized spacial score (nSPS) is 24.1. The number of hydrogen-bond acceptors (Lipinski definition) is 7. The minimum Gasteiger partial charge on any atom is -0.425 e. The number of imide groups is 1. The number of rotatable bonds is 4. The van der Waals surface area contributed by atoms with Crippen molar-refractivity contribution in [1.29, 1.82) is 0 Å². The summed E-state index contributed by atoms with van der Waals surface area (Å²) in [4.78, 5) is 28.0. The first-order chi connectivity index (χ1) is 16.9. The average molecular weight is 555 g/mol. The van der Waals surface area contributed by atoms with Crippen LogP contribution in [0.4, 0.5) is 9.59 Å². The minimum atomic E-state index is -4.04. The molecular weight excluding hydrogens is 506 g/mol. The summed E-state index contributed by atoms with van der Waals surface area (Å²) in [5, 5.41) is -0.925. The lowest BCUT2D eigenvalue weighted by Crippen LogP contribution is -2.71. The zero-order chi connectivity index (χ0) is 30.2. The first-order valence-electron chi connectivity index (χ1n) is 12.8. The number of likely N-dealkylation sites (N-methyl/N-ethyl adjacent to an activating group) is 1. The van der Waals surface area contributed by atoms with E-state index >= 15 is 0 Å². The molecular formula is C28H48N3O6S+. The molecule has 0 aromatic heterocycles. The van der Waals surface area contributed by atoms with Crippen LogP contribution in [-0.4, -0.2) is 69.7 Å². The van der Waals surface area contributed by atoms with Crippen LogP contribution in [-0.2, 0) is 19.3 Å². The van der Waals surface area contributed by atoms with E-state index < -0.39 is 48.8 Å². The van der Waals surface area contributed by atoms with Gasteiger partial charge in [-0.15, -0.1) is 0 Å². The number of nitrogens with two attached hydrogens (primary N) is 1. The summed E-state index contributed by atoms with van der Waals surface area (Å²) in [7, 11) is -2.37. The molecule has 0 bridgehead atoms. The predicted molar refractivity (Wildman–Crippen MR) is 152 cm³/mol. The fourth-order valence-corrected chi connectivity index (χ4v) is 7.35. The molecule has 0 aliphatic carbocycles. The molecule has 0 fully saturated rings. The molecule has 1 heterocycles. The molecule has 0 spiro atoms. The smallest absolute Gasteiger partial charge is 0.425 e. The molecule has 1 aliphatic heterocycles. The van der Waals surface area contributed by atoms with Crippen molar-refractivity contribution in [3.8, 4) is 0 Å². The van der Waals surface area contributed by atoms with Crippen molar-refractivity contribution in [2.45, 2.75) is 116 Å². The van der Waals surface area contributed by atoms with Gasteiger partial charge in [0.15, 0.2) is 14.6 Å². The van der Waals surface area contributed by atoms with Gasteiger partial charge in [0.25, 0.3) is 5.84 Å². The SMILES string of the molecule is C=C(C)C(=CC(N)=CC)C1(C)C(CC)S(=O)(=O)C(C)(C)C(N(C(=O)OC(C)(C)C)C(=O)OC(C)(C)C)=[N+]1C. The molecule has 1 rings (SSSR count). The van der Waals surface area contributed by atoms with Crippen molar-refractivity contribution < 1.29 is 32.1 Å². The highest BCUT2D eigenvalue weighted by Crippen LogP contribution is 2.44. The van der Waals surface area contributed by atoms with Crippen LogP contribution in [0.25, 0.3) is 0 Å². The average Bonchev–Trinajstić information content (AvgIpc) is 2.70. The highest BCUT2D eigenvalue weighted by atomic mass is 32.2. The molecule has 2 atom stereocenters. The number of nitrogens with zero attached hydrogens (tertiary/aromatic N) is 2. The van der Waals surface area contributed by atoms with E-state index in [-0.39, 0.29) is 12.3 Å². The Hall–Kier alpha value is -2.62. The summed E-state index contributed by atoms with van der Waals surface area (Å²) in [5.41, 5.74) is 4.56. The number of allylic oxidation sites excluding steroid dienone is 2. The van der Waals surface area contributed by atoms with E-state index in [4.69, 9.17) is 15.2 Å². The summed E-state index contributed by atoms with van der Waals surface area (Å²) in [6, 6.07) is 0. The highest BCUT2D eigenvalue weighted by Gasteiger charge is 2.66. The number of carbonyl (C=O) groups excluding carboxylic acids is 2. The Morgan fingerprint density at radius 3 is 1.82 bits per heavy atom. The molecule has 0 saturated carbocycles. The molecule has 10 heteroatoms. The number of sulfone groups is 1. The Bertz CT molecular complexity index is 1150. The van der Waals surface area contributed by atoms with E-state index in [9.17, 15) is 18.0 Å². The van der Waals surface area contributed by atoms with Gasteiger partial charge in [0.1, 0.15) is 22.0 Å². The lowest BCUT2D eigenvalue weighted by Gasteiger charge is -2.47. The van der Waals surface area contributed by atoms with Crippen LogP contribution in [0.1, 0.15) is 89.5 Å². The summed E-state index contributed by atoms with van der Waals surface area (Å²) in [6.45, 7) is 24.2. The van der Waals surface area contributed by atoms with E-state index in [2.05, 4.69) is 6.58 Å². The van der Waals surface area contributed by atoms with Gasteiger partial charge in [-0.05, 0) is 88.7 Å². The van der Waals surface area contributed by atoms with Crippen molar-refractivity contribution in [3.63, 3.8) is 0 Å². The van der Waals surface area contributed by atoms with Crippen LogP contribution in [0.15, 0.2) is 35.6 Å². The van der Waals surface area contributed by atoms with Crippen LogP contribution in [0.3, 0.4) is 0 Å². The van der Waals surface area contributed by atoms with Gasteiger partial charge in [0, 0.05) is 11.3 Å². The molecule has 2 amide bonds. The quantitative estimate of drug-likeness (QED) is 0.369. The first-order valence-corrected chi connectivity index (χ1v) is 14.3. The first kappa shape index (κ1) is 33.4. The highest BCUT2D eigenvalue weighted by molar-refractivity contribution is 7.94. The van der Waals surface area contributed by atoms with Crippen molar-refractivity contribution in [2.75, 3.05) is 7.05 Å². The third-order valence-electron chi connectivity index (χ3n) is 6.65. The second-order valence-corrected chi connectivity index (χ2v) is 15.1. The topological polar surface area (TPSA) is 119 Å². The maximum absolute atomic E-state index is 14.4. The zero-order valence-electron chi connectivity index (χ0n) is 25.5. The Morgan fingerprint density at radius 2 is 1.50 bits per heavy atom. The number of hydrogen-bond donors (Lipinski definition) is 1. The van der Waals surface area contributed by atoms with Crippen molar-refractivity contribution in [2.24, 2.45) is 5.73 Å². The largest absolute Gasteiger partial charge is 0.518 e. The van der Waals surface area contributed by atoms with Crippen molar-refractivity contribution >= 4 is 27.9 Å². The van der Waals surface area contributed by atoms with Crippen LogP contribution in [0.2, 0.25) is 0 Å². The van der Waals surface area contributed by atoms with Gasteiger partial charge in [-0.1, -0.05) is 30.1 Å². The second-order valence-electron chi connectivity index (χ2n) is 12.4. The van der Waals surface area contributed by atoms with E-state index in [1.165, 1.54) is 13.8 Å². The van der Waals surface area contributed by atoms with E-state index in [1.54, 1.807) is 93.0 Å². The van der Waals surface area contributed by atoms with Crippen LogP contribution in [0, 0.1) is 0 Å². The number of amidine groups is 1. The molecule has 216 valence electrons. The maximum Gasteiger partial charge on any atom is 0.518 e. The van der Waals surface area contributed by atoms with E-state index in [0.29, 0.717) is 21.7 Å². The number of carbonyl (C=O) groups is 2. The Kier molecular flexibility index (Phi) is 9.55. The van der Waals surface area contributed by atoms with Crippen LogP contribution in [0.5, 0.6) is 0 Å². The number of amides is 2. The van der Waals surface area contributed by atoms with Crippen LogP contribution >= 0.6 is 0 Å². The summed E-state index contributed by atoms with van der Waals surface area (Å²) < 4.78 is 39.9. The van der Waals surface area contributed by atoms with E-state index in [1.807, 2.05) is 0 Å². The van der Waals surface area contributed by atoms with Gasteiger partial charge in [-0.3, -0.25) is 4.58 Å². The van der Waals surface area contributed by atoms with Crippen LogP contribution < -0.4 is 5.73 Å². The molecule has 38 heavy (non-hydrogen) atoms. The Morgan fingerprint density at radius 1 is 1.08 bits per heavy atom. The lowest BCUT2D eigenvalue weighted by atomic mass is 9.81. The monoisotopic (exact) mass is 554 g/mol. The summed E-state index contributed by atoms with van der Waals surface area (Å²) >= 11 is 0. The van der Waals surface area contributed by atoms with E-state index in [0.717, 1.165) is 0 Å². The van der Waals surface area contributed by atoms with Gasteiger partial charge in [-0.25, -0.2) is 8.42 Å². The Labute approximate surface area is 229 Å². The number of ether oxygens (including phenoxy) is 2. The molecule has 0 radical (unpaired) electrons. The van der Waals surface area contributed by atoms with Gasteiger partial charge >= 0.3 is 12.2 Å². The summed E-state index contributed by atoms with van der Waals surface area (Å²) in [5.74, 6) is -0.0839. The van der Waals surface area contributed by atoms with Gasteiger partial charge in [0.2, 0.25) is 0 Å². The molecule has 2 N–H and O–H groups in total. The third-order valence-corrected chi connectivity index (χ3v) is 9.80. The molecule has 0 aromatic rings. The molecule has 1 aliphatic rings. The standard InChI is InChI=1S/C28H48N3O6S/c1-15-19(29)17-20(18(3)4)28(13)21(16-2)38(34,35)27(11,12)22(30(28)14)31(23(32)36-25(5,6)7)24(33)37-26(8,9)10/h15,17,21H,3,16,29H2,1-2,4-14H3/q+1. The molecule has 2 unspecified atom stereocenters. The fourth-order valence-electron chi connectivity index (χ4n) is 4.83. The predicted octanol–water partition coefficient (Wildman–Crippen LogP) is 5.31. The zero-order valence-corrected chi connectivity index (χ0v) is 26.3. The fraction of sp³-hybridized carbons (Fsp3) is 0.679. The van der Waals surface area contributed by atoms with Gasteiger partial charge in [-0.2, -0.15) is 9.59 Å². The maximum atomic E-state index is 14.4. The van der Waals surface area contributed by atoms with Gasteiger partial charge in [0.05, 0.1) is 7.05 Å². The Balaban J connectivity index is 4.36. The third kappa shape index (κ3) is 6.33. The lowest BCUT2D eigenvalue weighted by molar-refractivity contribution is -0.574. The molecule has 0 saturated heterocycles. The second kappa shape index (κ2) is 10.9.